The fraction of sp³-hybridized carbons (Fsp3) is 0.235. The van der Waals surface area contributed by atoms with Crippen molar-refractivity contribution in [1.82, 2.24) is 25.3 Å². The van der Waals surface area contributed by atoms with Crippen LogP contribution in [0.4, 0.5) is 0 Å². The summed E-state index contributed by atoms with van der Waals surface area (Å²) in [6.45, 7) is 4.37. The Morgan fingerprint density at radius 1 is 1.30 bits per heavy atom. The molecule has 6 nitrogen and oxygen atoms in total. The zero-order valence-corrected chi connectivity index (χ0v) is 13.4. The number of carbonyl (C=O) groups excluding carboxylic acids is 1. The van der Waals surface area contributed by atoms with Crippen molar-refractivity contribution < 1.29 is 4.79 Å². The Hall–Kier alpha value is -2.89. The molecule has 0 fully saturated rings. The second-order valence-electron chi connectivity index (χ2n) is 5.61. The van der Waals surface area contributed by atoms with Crippen molar-refractivity contribution in [2.75, 3.05) is 0 Å². The summed E-state index contributed by atoms with van der Waals surface area (Å²) in [5, 5.41) is 14.1. The van der Waals surface area contributed by atoms with Gasteiger partial charge in [0.25, 0.3) is 5.91 Å². The molecular weight excluding hydrogens is 290 g/mol. The number of nitrogens with one attached hydrogen (secondary N) is 2. The zero-order chi connectivity index (χ0) is 16.4. The first-order valence-electron chi connectivity index (χ1n) is 7.42. The summed E-state index contributed by atoms with van der Waals surface area (Å²) in [6, 6.07) is 9.92. The van der Waals surface area contributed by atoms with E-state index in [1.807, 2.05) is 51.2 Å². The first-order valence-corrected chi connectivity index (χ1v) is 7.42. The van der Waals surface area contributed by atoms with Crippen LogP contribution in [0.25, 0.3) is 11.3 Å². The molecule has 6 heteroatoms. The molecule has 0 spiro atoms. The van der Waals surface area contributed by atoms with Gasteiger partial charge in [-0.25, -0.2) is 0 Å². The molecule has 0 saturated heterocycles. The Balaban J connectivity index is 1.79. The second-order valence-corrected chi connectivity index (χ2v) is 5.61. The zero-order valence-electron chi connectivity index (χ0n) is 13.4. The average molecular weight is 309 g/mol. The summed E-state index contributed by atoms with van der Waals surface area (Å²) in [7, 11) is 1.87. The van der Waals surface area contributed by atoms with Crippen molar-refractivity contribution in [2.45, 2.75) is 20.4 Å². The van der Waals surface area contributed by atoms with Gasteiger partial charge >= 0.3 is 0 Å². The van der Waals surface area contributed by atoms with Crippen molar-refractivity contribution in [2.24, 2.45) is 7.05 Å². The van der Waals surface area contributed by atoms with E-state index in [1.165, 1.54) is 0 Å². The molecule has 0 atom stereocenters. The molecule has 2 N–H and O–H groups in total. The fourth-order valence-corrected chi connectivity index (χ4v) is 2.57. The molecule has 0 unspecified atom stereocenters. The van der Waals surface area contributed by atoms with Gasteiger partial charge in [0, 0.05) is 12.6 Å². The van der Waals surface area contributed by atoms with Crippen LogP contribution >= 0.6 is 0 Å². The van der Waals surface area contributed by atoms with Crippen molar-refractivity contribution in [3.63, 3.8) is 0 Å². The molecule has 2 aromatic heterocycles. The SMILES string of the molecule is Cc1cccc(-c2[nH]ncc2C(=O)NCc2cc(C)nn2C)c1. The van der Waals surface area contributed by atoms with Gasteiger partial charge in [0.15, 0.2) is 0 Å². The average Bonchev–Trinajstić information content (AvgIpc) is 3.11. The highest BCUT2D eigenvalue weighted by molar-refractivity contribution is 5.99. The van der Waals surface area contributed by atoms with Crippen molar-refractivity contribution in [3.05, 3.63) is 59.0 Å². The number of H-pyrrole nitrogens is 1. The number of rotatable bonds is 4. The summed E-state index contributed by atoms with van der Waals surface area (Å²) in [6.07, 6.45) is 1.56. The summed E-state index contributed by atoms with van der Waals surface area (Å²) < 4.78 is 1.77. The number of hydrogen-bond acceptors (Lipinski definition) is 3. The summed E-state index contributed by atoms with van der Waals surface area (Å²) in [5.74, 6) is -0.158. The van der Waals surface area contributed by atoms with Gasteiger partial charge in [0.1, 0.15) is 0 Å². The van der Waals surface area contributed by atoms with E-state index in [0.717, 1.165) is 28.2 Å². The van der Waals surface area contributed by atoms with E-state index >= 15 is 0 Å². The molecule has 1 amide bonds. The molecule has 1 aromatic carbocycles. The number of amides is 1. The van der Waals surface area contributed by atoms with Crippen LogP contribution in [0.15, 0.2) is 36.5 Å². The van der Waals surface area contributed by atoms with E-state index in [2.05, 4.69) is 20.6 Å². The summed E-state index contributed by atoms with van der Waals surface area (Å²) in [4.78, 5) is 12.5. The lowest BCUT2D eigenvalue weighted by atomic mass is 10.1. The van der Waals surface area contributed by atoms with Gasteiger partial charge in [-0.05, 0) is 26.0 Å². The molecule has 0 saturated carbocycles. The molecule has 23 heavy (non-hydrogen) atoms. The maximum Gasteiger partial charge on any atom is 0.255 e. The van der Waals surface area contributed by atoms with Gasteiger partial charge in [0.2, 0.25) is 0 Å². The number of aryl methyl sites for hydroxylation is 3. The van der Waals surface area contributed by atoms with Crippen molar-refractivity contribution in [1.29, 1.82) is 0 Å². The monoisotopic (exact) mass is 309 g/mol. The third-order valence-corrected chi connectivity index (χ3v) is 3.72. The summed E-state index contributed by atoms with van der Waals surface area (Å²) >= 11 is 0. The van der Waals surface area contributed by atoms with Crippen LogP contribution in [0.1, 0.15) is 27.3 Å². The largest absolute Gasteiger partial charge is 0.346 e. The van der Waals surface area contributed by atoms with E-state index in [-0.39, 0.29) is 5.91 Å². The molecular formula is C17H19N5O. The van der Waals surface area contributed by atoms with E-state index in [9.17, 15) is 4.79 Å². The van der Waals surface area contributed by atoms with Crippen LogP contribution in [-0.4, -0.2) is 25.9 Å². The minimum atomic E-state index is -0.158. The van der Waals surface area contributed by atoms with Gasteiger partial charge in [-0.15, -0.1) is 0 Å². The Morgan fingerprint density at radius 3 is 2.83 bits per heavy atom. The third-order valence-electron chi connectivity index (χ3n) is 3.72. The van der Waals surface area contributed by atoms with E-state index in [4.69, 9.17) is 0 Å². The maximum absolute atomic E-state index is 12.5. The van der Waals surface area contributed by atoms with E-state index in [0.29, 0.717) is 12.1 Å². The first-order chi connectivity index (χ1) is 11.0. The number of hydrogen-bond donors (Lipinski definition) is 2. The molecule has 3 aromatic rings. The smallest absolute Gasteiger partial charge is 0.255 e. The van der Waals surface area contributed by atoms with E-state index < -0.39 is 0 Å². The molecule has 2 heterocycles. The van der Waals surface area contributed by atoms with Gasteiger partial charge in [-0.2, -0.15) is 10.2 Å². The predicted molar refractivity (Wildman–Crippen MR) is 87.9 cm³/mol. The van der Waals surface area contributed by atoms with Crippen LogP contribution in [0, 0.1) is 13.8 Å². The molecule has 3 rings (SSSR count). The highest BCUT2D eigenvalue weighted by atomic mass is 16.1. The van der Waals surface area contributed by atoms with Crippen LogP contribution < -0.4 is 5.32 Å². The Kier molecular flexibility index (Phi) is 3.97. The Labute approximate surface area is 134 Å². The molecule has 0 radical (unpaired) electrons. The lowest BCUT2D eigenvalue weighted by Crippen LogP contribution is -2.24. The van der Waals surface area contributed by atoms with Crippen LogP contribution in [0.5, 0.6) is 0 Å². The molecule has 118 valence electrons. The van der Waals surface area contributed by atoms with Crippen LogP contribution in [0.3, 0.4) is 0 Å². The van der Waals surface area contributed by atoms with E-state index in [1.54, 1.807) is 10.9 Å². The highest BCUT2D eigenvalue weighted by Crippen LogP contribution is 2.22. The second kappa shape index (κ2) is 6.08. The van der Waals surface area contributed by atoms with Crippen molar-refractivity contribution in [3.8, 4) is 11.3 Å². The number of benzene rings is 1. The maximum atomic E-state index is 12.5. The highest BCUT2D eigenvalue weighted by Gasteiger charge is 2.15. The predicted octanol–water partition coefficient (Wildman–Crippen LogP) is 2.36. The number of nitrogens with zero attached hydrogens (tertiary/aromatic N) is 3. The topological polar surface area (TPSA) is 75.6 Å². The van der Waals surface area contributed by atoms with Gasteiger partial charge in [-0.1, -0.05) is 23.8 Å². The third kappa shape index (κ3) is 3.15. The number of carbonyl (C=O) groups is 1. The summed E-state index contributed by atoms with van der Waals surface area (Å²) in [5.41, 5.74) is 5.23. The normalized spacial score (nSPS) is 10.7. The molecule has 0 aliphatic heterocycles. The first kappa shape index (κ1) is 15.0. The van der Waals surface area contributed by atoms with Crippen LogP contribution in [0.2, 0.25) is 0 Å². The fourth-order valence-electron chi connectivity index (χ4n) is 2.57. The van der Waals surface area contributed by atoms with Crippen molar-refractivity contribution >= 4 is 5.91 Å². The Bertz CT molecular complexity index is 846. The molecule has 0 aliphatic rings. The lowest BCUT2D eigenvalue weighted by Gasteiger charge is -2.07. The standard InChI is InChI=1S/C17H19N5O/c1-11-5-4-6-13(7-11)16-15(10-19-20-16)17(23)18-9-14-8-12(2)21-22(14)3/h4-8,10H,9H2,1-3H3,(H,18,23)(H,19,20). The van der Waals surface area contributed by atoms with Gasteiger partial charge in [-0.3, -0.25) is 14.6 Å². The minimum Gasteiger partial charge on any atom is -0.346 e. The quantitative estimate of drug-likeness (QED) is 0.777. The minimum absolute atomic E-state index is 0.158. The van der Waals surface area contributed by atoms with Gasteiger partial charge in [0.05, 0.1) is 35.4 Å². The number of aromatic nitrogens is 4. The molecule has 0 bridgehead atoms. The van der Waals surface area contributed by atoms with Gasteiger partial charge < -0.3 is 5.32 Å². The Morgan fingerprint density at radius 2 is 2.13 bits per heavy atom. The number of aromatic amines is 1. The van der Waals surface area contributed by atoms with Crippen LogP contribution in [-0.2, 0) is 13.6 Å². The molecule has 0 aliphatic carbocycles. The lowest BCUT2D eigenvalue weighted by molar-refractivity contribution is 0.0950.